The Kier molecular flexibility index (Phi) is 4.54. The predicted octanol–water partition coefficient (Wildman–Crippen LogP) is 1.44. The summed E-state index contributed by atoms with van der Waals surface area (Å²) in [5.41, 5.74) is 0. The lowest BCUT2D eigenvalue weighted by atomic mass is 10.0. The maximum atomic E-state index is 9.68. The van der Waals surface area contributed by atoms with E-state index in [0.717, 1.165) is 6.42 Å². The van der Waals surface area contributed by atoms with E-state index in [0.29, 0.717) is 18.7 Å². The van der Waals surface area contributed by atoms with Gasteiger partial charge in [0, 0.05) is 13.3 Å². The van der Waals surface area contributed by atoms with Crippen molar-refractivity contribution in [3.8, 4) is 0 Å². The Morgan fingerprint density at radius 3 is 2.79 bits per heavy atom. The molecule has 1 saturated heterocycles. The molecule has 1 N–H and O–H groups in total. The van der Waals surface area contributed by atoms with E-state index in [1.165, 1.54) is 0 Å². The fourth-order valence-corrected chi connectivity index (χ4v) is 3.84. The lowest BCUT2D eigenvalue weighted by Crippen LogP contribution is -2.24. The number of ether oxygens (including phenoxy) is 2. The molecule has 1 rings (SSSR count). The highest BCUT2D eigenvalue weighted by atomic mass is 32.4. The fourth-order valence-electron chi connectivity index (χ4n) is 2.01. The van der Waals surface area contributed by atoms with Crippen LogP contribution in [0.3, 0.4) is 0 Å². The van der Waals surface area contributed by atoms with Crippen molar-refractivity contribution >= 4 is 18.1 Å². The zero-order chi connectivity index (χ0) is 10.8. The van der Waals surface area contributed by atoms with Gasteiger partial charge in [0.1, 0.15) is 0 Å². The Hall–Kier alpha value is 0.530. The van der Waals surface area contributed by atoms with Crippen LogP contribution in [0.2, 0.25) is 0 Å². The zero-order valence-corrected chi connectivity index (χ0v) is 10.7. The average molecular weight is 238 g/mol. The molecule has 0 aromatic heterocycles. The summed E-state index contributed by atoms with van der Waals surface area (Å²) in [5.74, 6) is 0.366. The van der Waals surface area contributed by atoms with Gasteiger partial charge < -0.3 is 14.4 Å². The van der Waals surface area contributed by atoms with Gasteiger partial charge in [0.15, 0.2) is 0 Å². The summed E-state index contributed by atoms with van der Waals surface area (Å²) in [7, 11) is 1.67. The van der Waals surface area contributed by atoms with E-state index < -0.39 is 6.26 Å². The van der Waals surface area contributed by atoms with Crippen LogP contribution in [-0.4, -0.2) is 43.6 Å². The van der Waals surface area contributed by atoms with Gasteiger partial charge in [-0.1, -0.05) is 11.8 Å². The molecule has 1 heterocycles. The molecule has 0 aromatic carbocycles. The van der Waals surface area contributed by atoms with Gasteiger partial charge in [0.25, 0.3) is 0 Å². The molecular formula is C9H19O3PS. The van der Waals surface area contributed by atoms with E-state index in [9.17, 15) is 4.89 Å². The first kappa shape index (κ1) is 12.6. The second-order valence-corrected chi connectivity index (χ2v) is 9.00. The third-order valence-electron chi connectivity index (χ3n) is 2.47. The fraction of sp³-hybridized carbons (Fsp3) is 1.00. The second kappa shape index (κ2) is 5.04. The van der Waals surface area contributed by atoms with Crippen LogP contribution in [0.4, 0.5) is 0 Å². The summed E-state index contributed by atoms with van der Waals surface area (Å²) in [6.07, 6.45) is -0.0280. The second-order valence-electron chi connectivity index (χ2n) is 4.17. The Morgan fingerprint density at radius 2 is 2.29 bits per heavy atom. The number of methoxy groups -OCH3 is 1. The molecule has 14 heavy (non-hydrogen) atoms. The molecule has 0 spiro atoms. The van der Waals surface area contributed by atoms with Crippen LogP contribution in [0.15, 0.2) is 0 Å². The van der Waals surface area contributed by atoms with E-state index >= 15 is 0 Å². The monoisotopic (exact) mass is 238 g/mol. The molecule has 84 valence electrons. The van der Waals surface area contributed by atoms with Gasteiger partial charge in [-0.05, 0) is 25.9 Å². The molecule has 0 aliphatic carbocycles. The van der Waals surface area contributed by atoms with Crippen LogP contribution in [0.5, 0.6) is 0 Å². The normalized spacial score (nSPS) is 37.0. The van der Waals surface area contributed by atoms with Crippen LogP contribution in [0.25, 0.3) is 0 Å². The van der Waals surface area contributed by atoms with Gasteiger partial charge in [-0.2, -0.15) is 0 Å². The minimum atomic E-state index is -2.10. The first-order chi connectivity index (χ1) is 6.42. The molecule has 1 aliphatic rings. The third-order valence-corrected chi connectivity index (χ3v) is 4.07. The largest absolute Gasteiger partial charge is 0.382 e. The first-order valence-corrected chi connectivity index (χ1v) is 8.25. The van der Waals surface area contributed by atoms with Crippen molar-refractivity contribution in [1.29, 1.82) is 0 Å². The van der Waals surface area contributed by atoms with Crippen molar-refractivity contribution in [2.45, 2.75) is 25.6 Å². The molecule has 0 bridgehead atoms. The average Bonchev–Trinajstić information content (AvgIpc) is 2.28. The molecule has 0 saturated carbocycles. The van der Waals surface area contributed by atoms with Crippen molar-refractivity contribution in [3.05, 3.63) is 0 Å². The van der Waals surface area contributed by atoms with Crippen molar-refractivity contribution in [2.24, 2.45) is 5.92 Å². The summed E-state index contributed by atoms with van der Waals surface area (Å²) in [4.78, 5) is 9.68. The smallest absolute Gasteiger partial charge is 0.0845 e. The lowest BCUT2D eigenvalue weighted by Gasteiger charge is -2.20. The van der Waals surface area contributed by atoms with Gasteiger partial charge in [0.2, 0.25) is 0 Å². The number of hydrogen-bond donors (Lipinski definition) is 1. The van der Waals surface area contributed by atoms with Gasteiger partial charge in [-0.25, -0.2) is 0 Å². The summed E-state index contributed by atoms with van der Waals surface area (Å²) in [6, 6.07) is 0. The van der Waals surface area contributed by atoms with Gasteiger partial charge in [-0.3, -0.25) is 0 Å². The molecule has 0 aromatic rings. The Morgan fingerprint density at radius 1 is 1.64 bits per heavy atom. The van der Waals surface area contributed by atoms with Crippen molar-refractivity contribution < 1.29 is 14.4 Å². The molecule has 1 unspecified atom stereocenters. The van der Waals surface area contributed by atoms with E-state index in [2.05, 4.69) is 6.92 Å². The highest BCUT2D eigenvalue weighted by Gasteiger charge is 2.34. The zero-order valence-electron chi connectivity index (χ0n) is 8.97. The predicted molar refractivity (Wildman–Crippen MR) is 61.6 cm³/mol. The van der Waals surface area contributed by atoms with Crippen LogP contribution >= 0.6 is 6.26 Å². The Balaban J connectivity index is 2.53. The molecule has 1 aliphatic heterocycles. The van der Waals surface area contributed by atoms with E-state index in [4.69, 9.17) is 21.3 Å². The van der Waals surface area contributed by atoms with Crippen molar-refractivity contribution in [3.63, 3.8) is 0 Å². The Labute approximate surface area is 90.9 Å². The van der Waals surface area contributed by atoms with Crippen LogP contribution in [-0.2, 0) is 21.3 Å². The van der Waals surface area contributed by atoms with Crippen LogP contribution < -0.4 is 0 Å². The quantitative estimate of drug-likeness (QED) is 0.752. The standard InChI is InChI=1S/C9H19O3PS/c1-7-4-8(6-13(3,10)14)9(12-7)5-11-2/h7-9H,4-6H2,1-3H3,(H,10,14)/t7-,8-,9+,13?/m0/s1. The van der Waals surface area contributed by atoms with Crippen LogP contribution in [0.1, 0.15) is 13.3 Å². The summed E-state index contributed by atoms with van der Waals surface area (Å²) < 4.78 is 10.8. The molecule has 0 amide bonds. The number of rotatable bonds is 4. The Bertz CT molecular complexity index is 228. The van der Waals surface area contributed by atoms with Gasteiger partial charge >= 0.3 is 0 Å². The third kappa shape index (κ3) is 3.95. The molecule has 0 radical (unpaired) electrons. The topological polar surface area (TPSA) is 38.7 Å². The first-order valence-electron chi connectivity index (χ1n) is 4.86. The molecular weight excluding hydrogens is 219 g/mol. The highest BCUT2D eigenvalue weighted by molar-refractivity contribution is 8.11. The summed E-state index contributed by atoms with van der Waals surface area (Å²) in [5, 5.41) is 0. The van der Waals surface area contributed by atoms with Gasteiger partial charge in [0.05, 0.1) is 25.1 Å². The minimum absolute atomic E-state index is 0.115. The van der Waals surface area contributed by atoms with Crippen LogP contribution in [0, 0.1) is 5.92 Å². The maximum absolute atomic E-state index is 9.68. The van der Waals surface area contributed by atoms with Crippen molar-refractivity contribution in [1.82, 2.24) is 0 Å². The highest BCUT2D eigenvalue weighted by Crippen LogP contribution is 2.42. The molecule has 5 heteroatoms. The van der Waals surface area contributed by atoms with Gasteiger partial charge in [-0.15, -0.1) is 0 Å². The number of hydrogen-bond acceptors (Lipinski definition) is 3. The maximum Gasteiger partial charge on any atom is 0.0845 e. The van der Waals surface area contributed by atoms with E-state index in [1.54, 1.807) is 13.8 Å². The van der Waals surface area contributed by atoms with E-state index in [1.807, 2.05) is 0 Å². The molecule has 1 fully saturated rings. The summed E-state index contributed by atoms with van der Waals surface area (Å²) in [6.45, 7) is 4.43. The van der Waals surface area contributed by atoms with Crippen molar-refractivity contribution in [2.75, 3.05) is 26.5 Å². The molecule has 3 nitrogen and oxygen atoms in total. The van der Waals surface area contributed by atoms with E-state index in [-0.39, 0.29) is 12.2 Å². The minimum Gasteiger partial charge on any atom is -0.382 e. The lowest BCUT2D eigenvalue weighted by molar-refractivity contribution is -0.00488. The SMILES string of the molecule is COC[C@H]1O[C@@H](C)C[C@H]1CP(C)(O)=S. The summed E-state index contributed by atoms with van der Waals surface area (Å²) >= 11 is 5.07. The molecule has 4 atom stereocenters.